The Kier molecular flexibility index (Phi) is 6.94. The molecule has 2 aromatic carbocycles. The molecule has 2 atom stereocenters. The minimum Gasteiger partial charge on any atom is -0.480 e. The van der Waals surface area contributed by atoms with Gasteiger partial charge in [-0.2, -0.15) is 0 Å². The zero-order valence-corrected chi connectivity index (χ0v) is 19.6. The fourth-order valence-electron chi connectivity index (χ4n) is 4.24. The van der Waals surface area contributed by atoms with Gasteiger partial charge in [0.25, 0.3) is 0 Å². The van der Waals surface area contributed by atoms with E-state index in [1.165, 1.54) is 11.8 Å². The van der Waals surface area contributed by atoms with E-state index >= 15 is 0 Å². The van der Waals surface area contributed by atoms with Gasteiger partial charge >= 0.3 is 5.97 Å². The Morgan fingerprint density at radius 1 is 1.09 bits per heavy atom. The second-order valence-electron chi connectivity index (χ2n) is 8.82. The van der Waals surface area contributed by atoms with Crippen LogP contribution < -0.4 is 0 Å². The van der Waals surface area contributed by atoms with Gasteiger partial charge < -0.3 is 14.9 Å². The number of benzene rings is 2. The number of rotatable bonds is 7. The molecule has 170 valence electrons. The van der Waals surface area contributed by atoms with Crippen molar-refractivity contribution < 1.29 is 19.5 Å². The smallest absolute Gasteiger partial charge is 0.326 e. The molecule has 0 aromatic heterocycles. The van der Waals surface area contributed by atoms with Gasteiger partial charge in [-0.25, -0.2) is 4.79 Å². The summed E-state index contributed by atoms with van der Waals surface area (Å²) in [5.74, 6) is -1.59. The lowest BCUT2D eigenvalue weighted by Crippen LogP contribution is -2.69. The first kappa shape index (κ1) is 23.8. The Balaban J connectivity index is 1.81. The summed E-state index contributed by atoms with van der Waals surface area (Å²) in [6.07, 6.45) is 0.699. The largest absolute Gasteiger partial charge is 0.480 e. The highest BCUT2D eigenvalue weighted by Gasteiger charge is 2.52. The summed E-state index contributed by atoms with van der Waals surface area (Å²) in [7, 11) is 0. The second kappa shape index (κ2) is 9.33. The number of carbonyl (C=O) groups is 3. The van der Waals surface area contributed by atoms with Crippen molar-refractivity contribution in [1.82, 2.24) is 9.80 Å². The standard InChI is InChI=1S/C25H29ClN2O4/c1-16-11-17(2)13-20(12-16)14-22(29)28-10-9-25(28,4)24(32)27(18(3)23(30)31)15-19-5-7-21(26)8-6-19/h5-8,11-13,18H,9-10,14-15H2,1-4H3,(H,30,31)/t18-,25?/m1/s1. The van der Waals surface area contributed by atoms with Crippen LogP contribution in [0, 0.1) is 13.8 Å². The van der Waals surface area contributed by atoms with E-state index in [0.717, 1.165) is 22.3 Å². The second-order valence-corrected chi connectivity index (χ2v) is 9.25. The SMILES string of the molecule is Cc1cc(C)cc(CC(=O)N2CCC2(C)C(=O)N(Cc2ccc(Cl)cc2)[C@H](C)C(=O)O)c1. The van der Waals surface area contributed by atoms with Crippen LogP contribution in [0.15, 0.2) is 42.5 Å². The summed E-state index contributed by atoms with van der Waals surface area (Å²) in [6.45, 7) is 7.78. The first-order valence-corrected chi connectivity index (χ1v) is 11.0. The van der Waals surface area contributed by atoms with Crippen molar-refractivity contribution in [3.05, 3.63) is 69.7 Å². The van der Waals surface area contributed by atoms with Crippen molar-refractivity contribution in [3.63, 3.8) is 0 Å². The van der Waals surface area contributed by atoms with Crippen molar-refractivity contribution in [1.29, 1.82) is 0 Å². The topological polar surface area (TPSA) is 77.9 Å². The van der Waals surface area contributed by atoms with Crippen LogP contribution in [0.5, 0.6) is 0 Å². The first-order valence-electron chi connectivity index (χ1n) is 10.7. The lowest BCUT2D eigenvalue weighted by atomic mass is 9.83. The number of aliphatic carboxylic acids is 1. The minimum atomic E-state index is -1.09. The van der Waals surface area contributed by atoms with E-state index in [1.54, 1.807) is 36.1 Å². The monoisotopic (exact) mass is 456 g/mol. The summed E-state index contributed by atoms with van der Waals surface area (Å²) in [4.78, 5) is 41.3. The number of carboxylic acid groups (broad SMARTS) is 1. The van der Waals surface area contributed by atoms with Crippen molar-refractivity contribution >= 4 is 29.4 Å². The fraction of sp³-hybridized carbons (Fsp3) is 0.400. The highest BCUT2D eigenvalue weighted by Crippen LogP contribution is 2.34. The van der Waals surface area contributed by atoms with Crippen LogP contribution in [0.3, 0.4) is 0 Å². The van der Waals surface area contributed by atoms with Gasteiger partial charge in [-0.05, 0) is 57.4 Å². The van der Waals surface area contributed by atoms with Crippen LogP contribution in [0.25, 0.3) is 0 Å². The normalized spacial score (nSPS) is 18.6. The van der Waals surface area contributed by atoms with Crippen LogP contribution in [0.2, 0.25) is 5.02 Å². The van der Waals surface area contributed by atoms with E-state index in [4.69, 9.17) is 11.6 Å². The number of nitrogens with zero attached hydrogens (tertiary/aromatic N) is 2. The molecule has 0 radical (unpaired) electrons. The molecule has 3 rings (SSSR count). The molecule has 1 saturated heterocycles. The molecule has 0 spiro atoms. The third kappa shape index (κ3) is 4.96. The van der Waals surface area contributed by atoms with E-state index in [2.05, 4.69) is 0 Å². The summed E-state index contributed by atoms with van der Waals surface area (Å²) in [5.41, 5.74) is 2.78. The summed E-state index contributed by atoms with van der Waals surface area (Å²) < 4.78 is 0. The number of aryl methyl sites for hydroxylation is 2. The molecule has 1 unspecified atom stereocenters. The van der Waals surface area contributed by atoms with Gasteiger partial charge in [0, 0.05) is 18.1 Å². The lowest BCUT2D eigenvalue weighted by Gasteiger charge is -2.51. The Bertz CT molecular complexity index is 1020. The number of amides is 2. The molecule has 1 fully saturated rings. The fourth-order valence-corrected chi connectivity index (χ4v) is 4.36. The van der Waals surface area contributed by atoms with Gasteiger partial charge in [0.2, 0.25) is 11.8 Å². The third-order valence-corrected chi connectivity index (χ3v) is 6.42. The number of likely N-dealkylation sites (tertiary alicyclic amines) is 1. The molecule has 6 nitrogen and oxygen atoms in total. The Hall–Kier alpha value is -2.86. The predicted molar refractivity (Wildman–Crippen MR) is 123 cm³/mol. The highest BCUT2D eigenvalue weighted by molar-refractivity contribution is 6.30. The summed E-state index contributed by atoms with van der Waals surface area (Å²) in [5, 5.41) is 10.2. The quantitative estimate of drug-likeness (QED) is 0.683. The zero-order chi connectivity index (χ0) is 23.6. The molecule has 2 aromatic rings. The lowest BCUT2D eigenvalue weighted by molar-refractivity contribution is -0.168. The molecule has 0 saturated carbocycles. The van der Waals surface area contributed by atoms with Gasteiger partial charge in [-0.15, -0.1) is 0 Å². The van der Waals surface area contributed by atoms with Gasteiger partial charge in [-0.1, -0.05) is 53.1 Å². The molecule has 1 N–H and O–H groups in total. The van der Waals surface area contributed by atoms with Crippen molar-refractivity contribution in [2.45, 2.75) is 58.7 Å². The number of carbonyl (C=O) groups excluding carboxylic acids is 2. The molecule has 2 amide bonds. The maximum atomic E-state index is 13.6. The maximum Gasteiger partial charge on any atom is 0.326 e. The molecule has 32 heavy (non-hydrogen) atoms. The van der Waals surface area contributed by atoms with Gasteiger partial charge in [0.05, 0.1) is 6.42 Å². The van der Waals surface area contributed by atoms with Crippen LogP contribution in [-0.4, -0.2) is 50.8 Å². The van der Waals surface area contributed by atoms with Gasteiger partial charge in [-0.3, -0.25) is 9.59 Å². The van der Waals surface area contributed by atoms with Crippen LogP contribution >= 0.6 is 11.6 Å². The Morgan fingerprint density at radius 2 is 1.69 bits per heavy atom. The molecule has 0 bridgehead atoms. The molecule has 1 aliphatic rings. The van der Waals surface area contributed by atoms with E-state index in [0.29, 0.717) is 18.0 Å². The Morgan fingerprint density at radius 3 is 2.19 bits per heavy atom. The molecule has 1 heterocycles. The zero-order valence-electron chi connectivity index (χ0n) is 18.9. The first-order chi connectivity index (χ1) is 15.0. The summed E-state index contributed by atoms with van der Waals surface area (Å²) in [6, 6.07) is 11.9. The van der Waals surface area contributed by atoms with E-state index < -0.39 is 17.6 Å². The molecule has 0 aliphatic carbocycles. The molecule has 7 heteroatoms. The average molecular weight is 457 g/mol. The van der Waals surface area contributed by atoms with Gasteiger partial charge in [0.1, 0.15) is 11.6 Å². The van der Waals surface area contributed by atoms with Crippen LogP contribution in [0.1, 0.15) is 42.5 Å². The van der Waals surface area contributed by atoms with E-state index in [9.17, 15) is 19.5 Å². The number of hydrogen-bond acceptors (Lipinski definition) is 3. The van der Waals surface area contributed by atoms with Crippen molar-refractivity contribution in [3.8, 4) is 0 Å². The molecular weight excluding hydrogens is 428 g/mol. The van der Waals surface area contributed by atoms with E-state index in [-0.39, 0.29) is 24.8 Å². The highest BCUT2D eigenvalue weighted by atomic mass is 35.5. The predicted octanol–water partition coefficient (Wildman–Crippen LogP) is 3.99. The average Bonchev–Trinajstić information content (AvgIpc) is 2.70. The van der Waals surface area contributed by atoms with Crippen LogP contribution in [0.4, 0.5) is 0 Å². The van der Waals surface area contributed by atoms with Crippen molar-refractivity contribution in [2.75, 3.05) is 6.54 Å². The number of hydrogen-bond donors (Lipinski definition) is 1. The Labute approximate surface area is 193 Å². The van der Waals surface area contributed by atoms with E-state index in [1.807, 2.05) is 32.0 Å². The van der Waals surface area contributed by atoms with Crippen molar-refractivity contribution in [2.24, 2.45) is 0 Å². The number of halogens is 1. The third-order valence-electron chi connectivity index (χ3n) is 6.17. The number of carboxylic acids is 1. The molecular formula is C25H29ClN2O4. The van der Waals surface area contributed by atoms with Crippen LogP contribution in [-0.2, 0) is 27.3 Å². The minimum absolute atomic E-state index is 0.123. The molecule has 1 aliphatic heterocycles. The maximum absolute atomic E-state index is 13.6. The van der Waals surface area contributed by atoms with Gasteiger partial charge in [0.15, 0.2) is 0 Å². The summed E-state index contributed by atoms with van der Waals surface area (Å²) >= 11 is 5.95.